The Bertz CT molecular complexity index is 863. The van der Waals surface area contributed by atoms with E-state index in [0.717, 1.165) is 43.5 Å². The first-order chi connectivity index (χ1) is 13.4. The Morgan fingerprint density at radius 3 is 2.89 bits per heavy atom. The van der Waals surface area contributed by atoms with Crippen molar-refractivity contribution in [2.75, 3.05) is 12.4 Å². The molecule has 2 fully saturated rings. The van der Waals surface area contributed by atoms with Crippen LogP contribution in [-0.2, 0) is 4.74 Å². The largest absolute Gasteiger partial charge is 0.480 e. The summed E-state index contributed by atoms with van der Waals surface area (Å²) in [6, 6.07) is 1.98. The Labute approximate surface area is 163 Å². The molecule has 9 heteroatoms. The minimum atomic E-state index is -0.300. The predicted octanol–water partition coefficient (Wildman–Crippen LogP) is 3.18. The van der Waals surface area contributed by atoms with Gasteiger partial charge in [-0.15, -0.1) is 0 Å². The van der Waals surface area contributed by atoms with Crippen molar-refractivity contribution in [2.24, 2.45) is 0 Å². The number of methoxy groups -OCH3 is 1. The Morgan fingerprint density at radius 2 is 2.18 bits per heavy atom. The molecule has 2 aliphatic rings. The number of alkyl carbamates (subject to hydrolysis) is 1. The minimum Gasteiger partial charge on any atom is -0.480 e. The van der Waals surface area contributed by atoms with E-state index >= 15 is 0 Å². The molecule has 150 valence electrons. The number of H-pyrrole nitrogens is 1. The van der Waals surface area contributed by atoms with Gasteiger partial charge < -0.3 is 20.1 Å². The molecule has 0 spiro atoms. The van der Waals surface area contributed by atoms with Gasteiger partial charge in [0.1, 0.15) is 6.10 Å². The van der Waals surface area contributed by atoms with Gasteiger partial charge in [-0.1, -0.05) is 0 Å². The summed E-state index contributed by atoms with van der Waals surface area (Å²) in [5.41, 5.74) is 1.71. The van der Waals surface area contributed by atoms with Crippen molar-refractivity contribution in [3.05, 3.63) is 23.7 Å². The predicted molar refractivity (Wildman–Crippen MR) is 103 cm³/mol. The van der Waals surface area contributed by atoms with E-state index in [2.05, 4.69) is 30.8 Å². The molecule has 0 bridgehead atoms. The van der Waals surface area contributed by atoms with E-state index in [9.17, 15) is 4.79 Å². The highest BCUT2D eigenvalue weighted by Gasteiger charge is 2.40. The van der Waals surface area contributed by atoms with Crippen LogP contribution in [0, 0.1) is 6.92 Å². The van der Waals surface area contributed by atoms with Crippen LogP contribution < -0.4 is 15.4 Å². The summed E-state index contributed by atoms with van der Waals surface area (Å²) in [5.74, 6) is 2.08. The van der Waals surface area contributed by atoms with Crippen LogP contribution in [0.4, 0.5) is 16.4 Å². The summed E-state index contributed by atoms with van der Waals surface area (Å²) < 4.78 is 10.7. The molecule has 9 nitrogen and oxygen atoms in total. The number of nitrogens with one attached hydrogen (secondary N) is 3. The summed E-state index contributed by atoms with van der Waals surface area (Å²) in [7, 11) is 1.56. The third-order valence-electron chi connectivity index (χ3n) is 5.48. The number of amides is 1. The molecule has 3 N–H and O–H groups in total. The molecule has 2 aliphatic carbocycles. The molecule has 0 aliphatic heterocycles. The smallest absolute Gasteiger partial charge is 0.407 e. The van der Waals surface area contributed by atoms with Gasteiger partial charge in [0.25, 0.3) is 0 Å². The van der Waals surface area contributed by atoms with Crippen molar-refractivity contribution >= 4 is 17.7 Å². The zero-order valence-electron chi connectivity index (χ0n) is 16.4. The first-order valence-electron chi connectivity index (χ1n) is 9.63. The summed E-state index contributed by atoms with van der Waals surface area (Å²) in [6.45, 7) is 3.90. The van der Waals surface area contributed by atoms with Crippen LogP contribution in [0.2, 0.25) is 0 Å². The molecular formula is C19H26N6O3. The van der Waals surface area contributed by atoms with Crippen molar-refractivity contribution in [1.82, 2.24) is 25.5 Å². The molecule has 2 aromatic heterocycles. The maximum Gasteiger partial charge on any atom is 0.407 e. The number of anilines is 2. The van der Waals surface area contributed by atoms with E-state index in [4.69, 9.17) is 9.47 Å². The van der Waals surface area contributed by atoms with Crippen LogP contribution in [0.1, 0.15) is 56.3 Å². The first kappa shape index (κ1) is 18.5. The van der Waals surface area contributed by atoms with Gasteiger partial charge in [0.05, 0.1) is 19.0 Å². The molecular weight excluding hydrogens is 360 g/mol. The monoisotopic (exact) mass is 386 g/mol. The van der Waals surface area contributed by atoms with Gasteiger partial charge in [-0.3, -0.25) is 5.10 Å². The molecule has 1 amide bonds. The quantitative estimate of drug-likeness (QED) is 0.698. The van der Waals surface area contributed by atoms with Crippen molar-refractivity contribution in [3.8, 4) is 5.88 Å². The molecule has 4 rings (SSSR count). The lowest BCUT2D eigenvalue weighted by Gasteiger charge is -2.16. The highest BCUT2D eigenvalue weighted by molar-refractivity contribution is 5.69. The number of aromatic nitrogens is 4. The third-order valence-corrected chi connectivity index (χ3v) is 5.48. The molecule has 2 atom stereocenters. The van der Waals surface area contributed by atoms with Crippen LogP contribution in [-0.4, -0.2) is 45.0 Å². The Hall–Kier alpha value is -2.84. The zero-order valence-corrected chi connectivity index (χ0v) is 16.4. The maximum absolute atomic E-state index is 12.0. The number of aromatic amines is 1. The third kappa shape index (κ3) is 4.18. The number of carbonyl (C=O) groups excluding carboxylic acids is 1. The SMILES string of the molecule is COc1cnc(Nc2cc([C@H]3CC[C@@H](OC(=O)NC4(C)CC4)C3)[nH]n2)c(C)n1. The van der Waals surface area contributed by atoms with Gasteiger partial charge >= 0.3 is 6.09 Å². The second-order valence-corrected chi connectivity index (χ2v) is 7.90. The minimum absolute atomic E-state index is 0.0539. The van der Waals surface area contributed by atoms with Crippen LogP contribution in [0.3, 0.4) is 0 Å². The molecule has 0 unspecified atom stereocenters. The fraction of sp³-hybridized carbons (Fsp3) is 0.579. The van der Waals surface area contributed by atoms with Crippen molar-refractivity contribution in [1.29, 1.82) is 0 Å². The van der Waals surface area contributed by atoms with Gasteiger partial charge in [-0.05, 0) is 46.0 Å². The van der Waals surface area contributed by atoms with E-state index in [-0.39, 0.29) is 17.7 Å². The second kappa shape index (κ2) is 7.29. The highest BCUT2D eigenvalue weighted by Crippen LogP contribution is 2.37. The normalized spacial score (nSPS) is 22.5. The number of aryl methyl sites for hydroxylation is 1. The number of carbonyl (C=O) groups is 1. The average molecular weight is 386 g/mol. The Balaban J connectivity index is 1.32. The molecule has 0 radical (unpaired) electrons. The van der Waals surface area contributed by atoms with Gasteiger partial charge in [0, 0.05) is 23.2 Å². The number of nitrogens with zero attached hydrogens (tertiary/aromatic N) is 3. The van der Waals surface area contributed by atoms with E-state index in [0.29, 0.717) is 23.4 Å². The van der Waals surface area contributed by atoms with E-state index in [1.165, 1.54) is 0 Å². The molecule has 0 saturated heterocycles. The van der Waals surface area contributed by atoms with E-state index in [1.807, 2.05) is 19.9 Å². The lowest BCUT2D eigenvalue weighted by atomic mass is 10.0. The number of hydrogen-bond acceptors (Lipinski definition) is 7. The van der Waals surface area contributed by atoms with Crippen LogP contribution in [0.25, 0.3) is 0 Å². The van der Waals surface area contributed by atoms with E-state index < -0.39 is 0 Å². The lowest BCUT2D eigenvalue weighted by Crippen LogP contribution is -2.36. The van der Waals surface area contributed by atoms with Crippen molar-refractivity contribution < 1.29 is 14.3 Å². The van der Waals surface area contributed by atoms with Gasteiger partial charge in [0.2, 0.25) is 5.88 Å². The maximum atomic E-state index is 12.0. The van der Waals surface area contributed by atoms with Crippen molar-refractivity contribution in [3.63, 3.8) is 0 Å². The first-order valence-corrected chi connectivity index (χ1v) is 9.63. The number of ether oxygens (including phenoxy) is 2. The number of rotatable bonds is 6. The molecule has 2 saturated carbocycles. The Kier molecular flexibility index (Phi) is 4.82. The fourth-order valence-corrected chi connectivity index (χ4v) is 3.48. The summed E-state index contributed by atoms with van der Waals surface area (Å²) in [6.07, 6.45) is 5.88. The highest BCUT2D eigenvalue weighted by atomic mass is 16.6. The van der Waals surface area contributed by atoms with Gasteiger partial charge in [-0.25, -0.2) is 14.8 Å². The van der Waals surface area contributed by atoms with Gasteiger partial charge in [-0.2, -0.15) is 5.10 Å². The zero-order chi connectivity index (χ0) is 19.7. The van der Waals surface area contributed by atoms with Crippen molar-refractivity contribution in [2.45, 2.75) is 63.5 Å². The number of hydrogen-bond donors (Lipinski definition) is 3. The van der Waals surface area contributed by atoms with Crippen LogP contribution in [0.5, 0.6) is 5.88 Å². The summed E-state index contributed by atoms with van der Waals surface area (Å²) in [5, 5.41) is 13.5. The second-order valence-electron chi connectivity index (χ2n) is 7.90. The lowest BCUT2D eigenvalue weighted by molar-refractivity contribution is 0.0967. The molecule has 2 heterocycles. The average Bonchev–Trinajstić information content (AvgIpc) is 3.05. The van der Waals surface area contributed by atoms with Crippen LogP contribution in [0.15, 0.2) is 12.3 Å². The Morgan fingerprint density at radius 1 is 1.36 bits per heavy atom. The topological polar surface area (TPSA) is 114 Å². The van der Waals surface area contributed by atoms with Crippen LogP contribution >= 0.6 is 0 Å². The molecule has 2 aromatic rings. The standard InChI is InChI=1S/C19H26N6O3/c1-11-17(20-10-16(21-11)27-3)22-15-9-14(24-25-15)12-4-5-13(8-12)28-18(26)23-19(2)6-7-19/h9-10,12-13H,4-8H2,1-3H3,(H,23,26)(H2,20,22,24,25)/t12-,13+/m0/s1. The summed E-state index contributed by atoms with van der Waals surface area (Å²) >= 11 is 0. The van der Waals surface area contributed by atoms with Gasteiger partial charge in [0.15, 0.2) is 11.6 Å². The van der Waals surface area contributed by atoms with E-state index in [1.54, 1.807) is 13.3 Å². The molecule has 0 aromatic carbocycles. The fourth-order valence-electron chi connectivity index (χ4n) is 3.48. The molecule has 28 heavy (non-hydrogen) atoms. The summed E-state index contributed by atoms with van der Waals surface area (Å²) in [4.78, 5) is 20.6.